The van der Waals surface area contributed by atoms with E-state index in [1.165, 1.54) is 11.8 Å². The van der Waals surface area contributed by atoms with Crippen LogP contribution in [0.3, 0.4) is 0 Å². The predicted octanol–water partition coefficient (Wildman–Crippen LogP) is 3.81. The number of methoxy groups -OCH3 is 1. The molecule has 0 aliphatic heterocycles. The number of hydrogen-bond acceptors (Lipinski definition) is 6. The highest BCUT2D eigenvalue weighted by atomic mass is 32.2. The number of thioether (sulfide) groups is 1. The van der Waals surface area contributed by atoms with E-state index in [4.69, 9.17) is 4.74 Å². The second kappa shape index (κ2) is 10.6. The zero-order chi connectivity index (χ0) is 22.2. The van der Waals surface area contributed by atoms with Crippen LogP contribution in [0, 0.1) is 0 Å². The van der Waals surface area contributed by atoms with E-state index >= 15 is 0 Å². The SMILES string of the molecule is COc1cccc(CNC(=O)CSc2nnc(-c3ccncc3)n2Cc2ccccc2)c1. The lowest BCUT2D eigenvalue weighted by Crippen LogP contribution is -2.24. The second-order valence-corrected chi connectivity index (χ2v) is 7.97. The Kier molecular flexibility index (Phi) is 7.14. The normalized spacial score (nSPS) is 10.7. The quantitative estimate of drug-likeness (QED) is 0.395. The van der Waals surface area contributed by atoms with Crippen LogP contribution in [0.5, 0.6) is 5.75 Å². The Morgan fingerprint density at radius 1 is 1.00 bits per heavy atom. The van der Waals surface area contributed by atoms with Crippen molar-refractivity contribution in [3.8, 4) is 17.1 Å². The van der Waals surface area contributed by atoms with Crippen molar-refractivity contribution in [1.82, 2.24) is 25.1 Å². The molecule has 8 heteroatoms. The molecular formula is C24H23N5O2S. The first-order valence-electron chi connectivity index (χ1n) is 10.1. The van der Waals surface area contributed by atoms with Crippen LogP contribution in [-0.4, -0.2) is 38.5 Å². The average molecular weight is 446 g/mol. The summed E-state index contributed by atoms with van der Waals surface area (Å²) in [4.78, 5) is 16.5. The highest BCUT2D eigenvalue weighted by Crippen LogP contribution is 2.25. The molecule has 1 amide bonds. The maximum absolute atomic E-state index is 12.5. The number of nitrogens with zero attached hydrogens (tertiary/aromatic N) is 4. The molecule has 162 valence electrons. The maximum Gasteiger partial charge on any atom is 0.230 e. The van der Waals surface area contributed by atoms with Crippen molar-refractivity contribution in [3.05, 3.63) is 90.3 Å². The molecule has 0 aliphatic rings. The van der Waals surface area contributed by atoms with Crippen LogP contribution in [0.15, 0.2) is 84.3 Å². The molecule has 0 bridgehead atoms. The minimum atomic E-state index is -0.0717. The molecule has 2 aromatic heterocycles. The highest BCUT2D eigenvalue weighted by molar-refractivity contribution is 7.99. The molecule has 4 aromatic rings. The number of amides is 1. The van der Waals surface area contributed by atoms with E-state index < -0.39 is 0 Å². The van der Waals surface area contributed by atoms with Gasteiger partial charge >= 0.3 is 0 Å². The first-order valence-corrected chi connectivity index (χ1v) is 11.1. The van der Waals surface area contributed by atoms with Crippen LogP contribution in [0.25, 0.3) is 11.4 Å². The van der Waals surface area contributed by atoms with E-state index in [-0.39, 0.29) is 11.7 Å². The lowest BCUT2D eigenvalue weighted by atomic mass is 10.2. The van der Waals surface area contributed by atoms with Crippen molar-refractivity contribution in [2.24, 2.45) is 0 Å². The third kappa shape index (κ3) is 5.53. The van der Waals surface area contributed by atoms with Gasteiger partial charge in [0.15, 0.2) is 11.0 Å². The summed E-state index contributed by atoms with van der Waals surface area (Å²) < 4.78 is 7.26. The van der Waals surface area contributed by atoms with Crippen molar-refractivity contribution in [2.75, 3.05) is 12.9 Å². The van der Waals surface area contributed by atoms with Crippen LogP contribution in [0.1, 0.15) is 11.1 Å². The number of hydrogen-bond donors (Lipinski definition) is 1. The number of pyridine rings is 1. The molecule has 1 N–H and O–H groups in total. The summed E-state index contributed by atoms with van der Waals surface area (Å²) >= 11 is 1.37. The first kappa shape index (κ1) is 21.6. The Bertz CT molecular complexity index is 1170. The Hall–Kier alpha value is -3.65. The van der Waals surface area contributed by atoms with Crippen molar-refractivity contribution < 1.29 is 9.53 Å². The molecule has 2 heterocycles. The van der Waals surface area contributed by atoms with E-state index in [1.807, 2.05) is 59.2 Å². The highest BCUT2D eigenvalue weighted by Gasteiger charge is 2.16. The van der Waals surface area contributed by atoms with Crippen molar-refractivity contribution >= 4 is 17.7 Å². The molecule has 0 saturated carbocycles. The molecule has 0 atom stereocenters. The van der Waals surface area contributed by atoms with E-state index in [2.05, 4.69) is 32.6 Å². The van der Waals surface area contributed by atoms with Gasteiger partial charge in [-0.3, -0.25) is 14.3 Å². The molecule has 4 rings (SSSR count). The fourth-order valence-electron chi connectivity index (χ4n) is 3.18. The van der Waals surface area contributed by atoms with E-state index in [0.29, 0.717) is 18.2 Å². The average Bonchev–Trinajstić information content (AvgIpc) is 3.25. The number of ether oxygens (including phenoxy) is 1. The fraction of sp³-hybridized carbons (Fsp3) is 0.167. The molecule has 32 heavy (non-hydrogen) atoms. The molecule has 2 aromatic carbocycles. The van der Waals surface area contributed by atoms with Crippen LogP contribution in [0.2, 0.25) is 0 Å². The molecular weight excluding hydrogens is 422 g/mol. The van der Waals surface area contributed by atoms with Crippen LogP contribution < -0.4 is 10.1 Å². The van der Waals surface area contributed by atoms with Crippen molar-refractivity contribution in [1.29, 1.82) is 0 Å². The van der Waals surface area contributed by atoms with Crippen molar-refractivity contribution in [3.63, 3.8) is 0 Å². The van der Waals surface area contributed by atoms with Gasteiger partial charge < -0.3 is 10.1 Å². The Balaban J connectivity index is 1.45. The number of benzene rings is 2. The molecule has 0 aliphatic carbocycles. The maximum atomic E-state index is 12.5. The lowest BCUT2D eigenvalue weighted by molar-refractivity contribution is -0.118. The zero-order valence-electron chi connectivity index (χ0n) is 17.6. The van der Waals surface area contributed by atoms with Gasteiger partial charge in [-0.25, -0.2) is 0 Å². The summed E-state index contributed by atoms with van der Waals surface area (Å²) in [5, 5.41) is 12.4. The molecule has 7 nitrogen and oxygen atoms in total. The van der Waals surface area contributed by atoms with Crippen LogP contribution >= 0.6 is 11.8 Å². The largest absolute Gasteiger partial charge is 0.497 e. The van der Waals surface area contributed by atoms with Gasteiger partial charge in [-0.15, -0.1) is 10.2 Å². The number of carbonyl (C=O) groups excluding carboxylic acids is 1. The molecule has 0 saturated heterocycles. The van der Waals surface area contributed by atoms with Gasteiger partial charge in [0.1, 0.15) is 5.75 Å². The molecule has 0 unspecified atom stereocenters. The summed E-state index contributed by atoms with van der Waals surface area (Å²) in [5.74, 6) is 1.68. The molecule has 0 fully saturated rings. The molecule has 0 spiro atoms. The summed E-state index contributed by atoms with van der Waals surface area (Å²) in [7, 11) is 1.63. The topological polar surface area (TPSA) is 81.9 Å². The van der Waals surface area contributed by atoms with E-state index in [0.717, 1.165) is 28.3 Å². The first-order chi connectivity index (χ1) is 15.7. The summed E-state index contributed by atoms with van der Waals surface area (Å²) in [6.07, 6.45) is 3.46. The number of rotatable bonds is 9. The fourth-order valence-corrected chi connectivity index (χ4v) is 3.95. The predicted molar refractivity (Wildman–Crippen MR) is 124 cm³/mol. The number of aromatic nitrogens is 4. The summed E-state index contributed by atoms with van der Waals surface area (Å²) in [5.41, 5.74) is 3.04. The van der Waals surface area contributed by atoms with Gasteiger partial charge in [0.2, 0.25) is 5.91 Å². The summed E-state index contributed by atoms with van der Waals surface area (Å²) in [6, 6.07) is 21.6. The Labute approximate surface area is 190 Å². The zero-order valence-corrected chi connectivity index (χ0v) is 18.5. The Morgan fingerprint density at radius 3 is 2.56 bits per heavy atom. The van der Waals surface area contributed by atoms with E-state index in [9.17, 15) is 4.79 Å². The minimum Gasteiger partial charge on any atom is -0.497 e. The monoisotopic (exact) mass is 445 g/mol. The van der Waals surface area contributed by atoms with Crippen molar-refractivity contribution in [2.45, 2.75) is 18.2 Å². The van der Waals surface area contributed by atoms with Gasteiger partial charge in [0, 0.05) is 24.5 Å². The molecule has 0 radical (unpaired) electrons. The third-order valence-electron chi connectivity index (χ3n) is 4.80. The smallest absolute Gasteiger partial charge is 0.230 e. The van der Waals surface area contributed by atoms with Gasteiger partial charge in [0.25, 0.3) is 0 Å². The van der Waals surface area contributed by atoms with Gasteiger partial charge in [0.05, 0.1) is 19.4 Å². The third-order valence-corrected chi connectivity index (χ3v) is 5.76. The summed E-state index contributed by atoms with van der Waals surface area (Å²) in [6.45, 7) is 1.05. The van der Waals surface area contributed by atoms with Gasteiger partial charge in [-0.05, 0) is 35.4 Å². The number of nitrogens with one attached hydrogen (secondary N) is 1. The second-order valence-electron chi connectivity index (χ2n) is 7.03. The van der Waals surface area contributed by atoms with E-state index in [1.54, 1.807) is 19.5 Å². The Morgan fingerprint density at radius 2 is 1.78 bits per heavy atom. The van der Waals surface area contributed by atoms with Gasteiger partial charge in [-0.2, -0.15) is 0 Å². The lowest BCUT2D eigenvalue weighted by Gasteiger charge is -2.11. The number of carbonyl (C=O) groups is 1. The standard InChI is InChI=1S/C24H23N5O2S/c1-31-21-9-5-8-19(14-21)15-26-22(30)17-32-24-28-27-23(20-10-12-25-13-11-20)29(24)16-18-6-3-2-4-7-18/h2-14H,15-17H2,1H3,(H,26,30). The minimum absolute atomic E-state index is 0.0717. The van der Waals surface area contributed by atoms with Crippen LogP contribution in [-0.2, 0) is 17.9 Å². The van der Waals surface area contributed by atoms with Crippen LogP contribution in [0.4, 0.5) is 0 Å². The van der Waals surface area contributed by atoms with Gasteiger partial charge in [-0.1, -0.05) is 54.2 Å².